The molecule has 120 valence electrons. The third-order valence-corrected chi connectivity index (χ3v) is 4.98. The van der Waals surface area contributed by atoms with Crippen LogP contribution in [0.3, 0.4) is 0 Å². The summed E-state index contributed by atoms with van der Waals surface area (Å²) in [5, 5.41) is 9.98. The van der Waals surface area contributed by atoms with E-state index in [-0.39, 0.29) is 10.6 Å². The van der Waals surface area contributed by atoms with Crippen LogP contribution in [0.25, 0.3) is 0 Å². The zero-order valence-electron chi connectivity index (χ0n) is 13.3. The molecule has 0 heterocycles. The van der Waals surface area contributed by atoms with E-state index in [4.69, 9.17) is 5.73 Å². The first kappa shape index (κ1) is 17.7. The fraction of sp³-hybridized carbons (Fsp3) is 0.571. The van der Waals surface area contributed by atoms with Gasteiger partial charge in [-0.15, -0.1) is 0 Å². The third kappa shape index (κ3) is 4.09. The molecular formula is C14H25N3O3S. The number of para-hydroxylation sites is 1. The largest absolute Gasteiger partial charge is 0.396 e. The monoisotopic (exact) mass is 315 g/mol. The Bertz CT molecular complexity index is 592. The second-order valence-electron chi connectivity index (χ2n) is 5.80. The Balaban J connectivity index is 3.34. The van der Waals surface area contributed by atoms with E-state index in [2.05, 4.69) is 0 Å². The Morgan fingerprint density at radius 1 is 1.29 bits per heavy atom. The Morgan fingerprint density at radius 2 is 1.86 bits per heavy atom. The second kappa shape index (κ2) is 6.21. The molecule has 0 radical (unpaired) electrons. The summed E-state index contributed by atoms with van der Waals surface area (Å²) < 4.78 is 25.7. The van der Waals surface area contributed by atoms with Gasteiger partial charge in [-0.3, -0.25) is 0 Å². The number of hydrogen-bond acceptors (Lipinski definition) is 5. The summed E-state index contributed by atoms with van der Waals surface area (Å²) in [4.78, 5) is 1.95. The summed E-state index contributed by atoms with van der Waals surface area (Å²) in [6.45, 7) is 6.30. The highest BCUT2D eigenvalue weighted by Crippen LogP contribution is 2.31. The normalized spacial score (nSPS) is 12.7. The van der Waals surface area contributed by atoms with Gasteiger partial charge in [-0.25, -0.2) is 12.7 Å². The van der Waals surface area contributed by atoms with Gasteiger partial charge in [0, 0.05) is 27.2 Å². The number of nitrogens with zero attached hydrogens (tertiary/aromatic N) is 2. The molecule has 0 aromatic heterocycles. The molecule has 0 aliphatic rings. The smallest absolute Gasteiger partial charge is 0.244 e. The molecule has 1 rings (SSSR count). The van der Waals surface area contributed by atoms with Crippen LogP contribution >= 0.6 is 0 Å². The van der Waals surface area contributed by atoms with E-state index in [0.29, 0.717) is 18.8 Å². The maximum absolute atomic E-state index is 12.3. The van der Waals surface area contributed by atoms with Gasteiger partial charge < -0.3 is 15.7 Å². The molecule has 0 spiro atoms. The highest BCUT2D eigenvalue weighted by Gasteiger charge is 2.25. The number of hydrogen-bond donors (Lipinski definition) is 2. The predicted octanol–water partition coefficient (Wildman–Crippen LogP) is 1.12. The molecule has 1 aromatic rings. The van der Waals surface area contributed by atoms with Gasteiger partial charge in [-0.1, -0.05) is 6.07 Å². The van der Waals surface area contributed by atoms with Crippen molar-refractivity contribution in [1.29, 1.82) is 0 Å². The Labute approximate surface area is 127 Å². The molecule has 0 aliphatic carbocycles. The SMILES string of the molecule is CCN(CC(C)(C)O)c1cccc(S(=O)(=O)N(C)C)c1N. The van der Waals surface area contributed by atoms with Gasteiger partial charge in [0.2, 0.25) is 10.0 Å². The molecule has 0 atom stereocenters. The van der Waals surface area contributed by atoms with E-state index in [1.807, 2.05) is 11.8 Å². The molecule has 6 nitrogen and oxygen atoms in total. The molecule has 0 saturated heterocycles. The number of likely N-dealkylation sites (N-methyl/N-ethyl adjacent to an activating group) is 1. The summed E-state index contributed by atoms with van der Waals surface area (Å²) in [5.74, 6) is 0. The van der Waals surface area contributed by atoms with Crippen molar-refractivity contribution in [3.8, 4) is 0 Å². The summed E-state index contributed by atoms with van der Waals surface area (Å²) in [7, 11) is -0.660. The van der Waals surface area contributed by atoms with Gasteiger partial charge >= 0.3 is 0 Å². The molecule has 0 bridgehead atoms. The van der Waals surface area contributed by atoms with E-state index in [9.17, 15) is 13.5 Å². The van der Waals surface area contributed by atoms with Crippen LogP contribution < -0.4 is 10.6 Å². The molecule has 1 aromatic carbocycles. The zero-order valence-corrected chi connectivity index (χ0v) is 14.1. The van der Waals surface area contributed by atoms with E-state index in [0.717, 1.165) is 4.31 Å². The Kier molecular flexibility index (Phi) is 5.25. The van der Waals surface area contributed by atoms with Crippen molar-refractivity contribution in [2.24, 2.45) is 0 Å². The first-order valence-corrected chi connectivity index (χ1v) is 8.23. The van der Waals surface area contributed by atoms with E-state index in [1.165, 1.54) is 20.2 Å². The maximum atomic E-state index is 12.3. The predicted molar refractivity (Wildman–Crippen MR) is 85.9 cm³/mol. The summed E-state index contributed by atoms with van der Waals surface area (Å²) in [5.41, 5.74) is 5.99. The first-order chi connectivity index (χ1) is 9.50. The van der Waals surface area contributed by atoms with Crippen LogP contribution in [0.1, 0.15) is 20.8 Å². The van der Waals surface area contributed by atoms with E-state index in [1.54, 1.807) is 26.0 Å². The molecule has 0 saturated carbocycles. The number of rotatable bonds is 6. The highest BCUT2D eigenvalue weighted by atomic mass is 32.2. The lowest BCUT2D eigenvalue weighted by atomic mass is 10.1. The lowest BCUT2D eigenvalue weighted by molar-refractivity contribution is 0.0876. The van der Waals surface area contributed by atoms with Gasteiger partial charge in [0.15, 0.2) is 0 Å². The number of nitrogens with two attached hydrogens (primary N) is 1. The number of nitrogen functional groups attached to an aromatic ring is 1. The van der Waals surface area contributed by atoms with Gasteiger partial charge in [-0.2, -0.15) is 0 Å². The van der Waals surface area contributed by atoms with Crippen molar-refractivity contribution in [1.82, 2.24) is 4.31 Å². The van der Waals surface area contributed by atoms with Crippen LogP contribution in [0.4, 0.5) is 11.4 Å². The van der Waals surface area contributed by atoms with Crippen molar-refractivity contribution in [2.45, 2.75) is 31.3 Å². The quantitative estimate of drug-likeness (QED) is 0.768. The average Bonchev–Trinajstić information content (AvgIpc) is 2.35. The van der Waals surface area contributed by atoms with Crippen molar-refractivity contribution in [2.75, 3.05) is 37.8 Å². The zero-order chi connectivity index (χ0) is 16.4. The van der Waals surface area contributed by atoms with Crippen molar-refractivity contribution in [3.63, 3.8) is 0 Å². The molecule has 3 N–H and O–H groups in total. The van der Waals surface area contributed by atoms with Crippen LogP contribution in [-0.2, 0) is 10.0 Å². The topological polar surface area (TPSA) is 86.9 Å². The number of sulfonamides is 1. The van der Waals surface area contributed by atoms with Crippen LogP contribution in [0.2, 0.25) is 0 Å². The molecule has 0 amide bonds. The van der Waals surface area contributed by atoms with Crippen LogP contribution in [0, 0.1) is 0 Å². The maximum Gasteiger partial charge on any atom is 0.244 e. The fourth-order valence-corrected chi connectivity index (χ4v) is 3.09. The minimum atomic E-state index is -3.60. The Hall–Kier alpha value is -1.31. The van der Waals surface area contributed by atoms with E-state index >= 15 is 0 Å². The number of benzene rings is 1. The molecular weight excluding hydrogens is 290 g/mol. The standard InChI is InChI=1S/C14H25N3O3S/c1-6-17(10-14(2,3)18)11-8-7-9-12(13(11)15)21(19,20)16(4)5/h7-9,18H,6,10,15H2,1-5H3. The number of anilines is 2. The average molecular weight is 315 g/mol. The van der Waals surface area contributed by atoms with Crippen LogP contribution in [-0.4, -0.2) is 50.6 Å². The van der Waals surface area contributed by atoms with Gasteiger partial charge in [0.25, 0.3) is 0 Å². The van der Waals surface area contributed by atoms with Gasteiger partial charge in [0.05, 0.1) is 17.0 Å². The minimum Gasteiger partial charge on any atom is -0.396 e. The van der Waals surface area contributed by atoms with Gasteiger partial charge in [0.1, 0.15) is 4.90 Å². The molecule has 0 fully saturated rings. The lowest BCUT2D eigenvalue weighted by Gasteiger charge is -2.31. The Morgan fingerprint density at radius 3 is 2.29 bits per heavy atom. The number of aliphatic hydroxyl groups is 1. The van der Waals surface area contributed by atoms with Crippen molar-refractivity contribution < 1.29 is 13.5 Å². The highest BCUT2D eigenvalue weighted by molar-refractivity contribution is 7.89. The minimum absolute atomic E-state index is 0.0826. The van der Waals surface area contributed by atoms with Crippen molar-refractivity contribution >= 4 is 21.4 Å². The third-order valence-electron chi connectivity index (χ3n) is 3.10. The summed E-state index contributed by atoms with van der Waals surface area (Å²) in [6, 6.07) is 4.92. The van der Waals surface area contributed by atoms with Crippen LogP contribution in [0.5, 0.6) is 0 Å². The lowest BCUT2D eigenvalue weighted by Crippen LogP contribution is -2.39. The molecule has 0 aliphatic heterocycles. The van der Waals surface area contributed by atoms with E-state index < -0.39 is 15.6 Å². The van der Waals surface area contributed by atoms with Crippen molar-refractivity contribution in [3.05, 3.63) is 18.2 Å². The molecule has 0 unspecified atom stereocenters. The second-order valence-corrected chi connectivity index (χ2v) is 7.92. The molecule has 7 heteroatoms. The summed E-state index contributed by atoms with van der Waals surface area (Å²) in [6.07, 6.45) is 0. The summed E-state index contributed by atoms with van der Waals surface area (Å²) >= 11 is 0. The van der Waals surface area contributed by atoms with Gasteiger partial charge in [-0.05, 0) is 32.9 Å². The first-order valence-electron chi connectivity index (χ1n) is 6.79. The molecule has 21 heavy (non-hydrogen) atoms. The fourth-order valence-electron chi connectivity index (χ4n) is 2.06. The van der Waals surface area contributed by atoms with Crippen LogP contribution in [0.15, 0.2) is 23.1 Å².